The minimum absolute atomic E-state index is 0.0366. The Labute approximate surface area is 252 Å². The largest absolute Gasteiger partial charge is 0.490 e. The van der Waals surface area contributed by atoms with E-state index in [4.69, 9.17) is 60.6 Å². The van der Waals surface area contributed by atoms with Crippen molar-refractivity contribution in [3.8, 4) is 5.75 Å². The van der Waals surface area contributed by atoms with Crippen molar-refractivity contribution < 1.29 is 23.8 Å². The van der Waals surface area contributed by atoms with Crippen LogP contribution in [-0.4, -0.2) is 56.6 Å². The number of carbonyl (C=O) groups is 2. The molecule has 1 N–H and O–H groups in total. The molecule has 0 bridgehead atoms. The molecule has 1 unspecified atom stereocenters. The van der Waals surface area contributed by atoms with Crippen LogP contribution in [0.4, 0.5) is 0 Å². The van der Waals surface area contributed by atoms with Gasteiger partial charge < -0.3 is 19.5 Å². The van der Waals surface area contributed by atoms with Crippen LogP contribution in [0.1, 0.15) is 34.0 Å². The average molecular weight is 624 g/mol. The number of fused-ring (bicyclic) bond motifs is 1. The molecule has 0 spiro atoms. The number of nitrogens with zero attached hydrogens (tertiary/aromatic N) is 1. The SMILES string of the molecule is CCOCCOCCOc1ccc(Cl)cc1C(=O)NC1N=C(c2c(Cl)cc(Cl)cc2Cl)c2ccccc2CC1=O. The van der Waals surface area contributed by atoms with Crippen LogP contribution in [0, 0.1) is 0 Å². The van der Waals surface area contributed by atoms with E-state index in [1.165, 1.54) is 6.07 Å². The lowest BCUT2D eigenvalue weighted by atomic mass is 9.96. The standard InChI is InChI=1S/C29H26Cl4N2O5/c1-2-38-9-10-39-11-12-40-25-8-7-18(30)14-21(25)29(37)35-28-24(36)13-17-5-3-4-6-20(17)27(34-28)26-22(32)15-19(31)16-23(26)33/h3-8,14-16,28H,2,9-13H2,1H3,(H,35,37). The summed E-state index contributed by atoms with van der Waals surface area (Å²) >= 11 is 25.4. The number of ketones is 1. The number of hydrogen-bond acceptors (Lipinski definition) is 6. The Kier molecular flexibility index (Phi) is 10.8. The van der Waals surface area contributed by atoms with E-state index in [9.17, 15) is 9.59 Å². The molecule has 0 radical (unpaired) electrons. The zero-order chi connectivity index (χ0) is 28.6. The van der Waals surface area contributed by atoms with Gasteiger partial charge in [0.15, 0.2) is 11.9 Å². The molecular weight excluding hydrogens is 598 g/mol. The first-order valence-corrected chi connectivity index (χ1v) is 14.0. The summed E-state index contributed by atoms with van der Waals surface area (Å²) in [6.07, 6.45) is -1.19. The number of nitrogens with one attached hydrogen (secondary N) is 1. The Bertz CT molecular complexity index is 1410. The highest BCUT2D eigenvalue weighted by Crippen LogP contribution is 2.33. The number of amides is 1. The van der Waals surface area contributed by atoms with E-state index in [0.717, 1.165) is 5.56 Å². The quantitative estimate of drug-likeness (QED) is 0.248. The van der Waals surface area contributed by atoms with Crippen LogP contribution in [-0.2, 0) is 20.7 Å². The molecule has 1 aliphatic heterocycles. The third-order valence-electron chi connectivity index (χ3n) is 5.96. The lowest BCUT2D eigenvalue weighted by Gasteiger charge is -2.17. The van der Waals surface area contributed by atoms with E-state index in [1.54, 1.807) is 24.3 Å². The van der Waals surface area contributed by atoms with Gasteiger partial charge in [0, 0.05) is 34.2 Å². The zero-order valence-corrected chi connectivity index (χ0v) is 24.5. The van der Waals surface area contributed by atoms with Crippen LogP contribution < -0.4 is 10.1 Å². The summed E-state index contributed by atoms with van der Waals surface area (Å²) in [4.78, 5) is 31.4. The molecule has 0 fully saturated rings. The molecule has 210 valence electrons. The third-order valence-corrected chi connectivity index (χ3v) is 7.01. The Hall–Kier alpha value is -2.65. The first-order valence-electron chi connectivity index (χ1n) is 12.5. The summed E-state index contributed by atoms with van der Waals surface area (Å²) in [7, 11) is 0. The van der Waals surface area contributed by atoms with Crippen molar-refractivity contribution in [3.05, 3.63) is 96.9 Å². The van der Waals surface area contributed by atoms with Gasteiger partial charge in [-0.15, -0.1) is 0 Å². The second-order valence-corrected chi connectivity index (χ2v) is 10.4. The first kappa shape index (κ1) is 30.3. The van der Waals surface area contributed by atoms with E-state index in [2.05, 4.69) is 10.3 Å². The van der Waals surface area contributed by atoms with E-state index < -0.39 is 12.1 Å². The molecular formula is C29H26Cl4N2O5. The minimum Gasteiger partial charge on any atom is -0.490 e. The van der Waals surface area contributed by atoms with Gasteiger partial charge in [-0.3, -0.25) is 14.6 Å². The molecule has 7 nitrogen and oxygen atoms in total. The summed E-state index contributed by atoms with van der Waals surface area (Å²) in [5.41, 5.74) is 2.32. The van der Waals surface area contributed by atoms with Crippen molar-refractivity contribution in [1.29, 1.82) is 0 Å². The van der Waals surface area contributed by atoms with E-state index in [-0.39, 0.29) is 40.2 Å². The van der Waals surface area contributed by atoms with Crippen molar-refractivity contribution in [2.24, 2.45) is 4.99 Å². The highest BCUT2D eigenvalue weighted by molar-refractivity contribution is 6.43. The monoisotopic (exact) mass is 622 g/mol. The number of halogens is 4. The molecule has 0 aliphatic carbocycles. The average Bonchev–Trinajstić information content (AvgIpc) is 3.04. The normalized spacial score (nSPS) is 14.8. The number of hydrogen-bond donors (Lipinski definition) is 1. The van der Waals surface area contributed by atoms with Gasteiger partial charge in [-0.05, 0) is 42.8 Å². The van der Waals surface area contributed by atoms with Crippen LogP contribution >= 0.6 is 46.4 Å². The van der Waals surface area contributed by atoms with E-state index in [1.807, 2.05) is 31.2 Å². The van der Waals surface area contributed by atoms with Gasteiger partial charge >= 0.3 is 0 Å². The summed E-state index contributed by atoms with van der Waals surface area (Å²) in [5, 5.41) is 3.94. The highest BCUT2D eigenvalue weighted by atomic mass is 35.5. The second-order valence-electron chi connectivity index (χ2n) is 8.70. The van der Waals surface area contributed by atoms with Crippen molar-refractivity contribution in [3.63, 3.8) is 0 Å². The molecule has 1 heterocycles. The predicted octanol–water partition coefficient (Wildman–Crippen LogP) is 6.45. The smallest absolute Gasteiger partial charge is 0.257 e. The molecule has 3 aromatic rings. The first-order chi connectivity index (χ1) is 19.3. The van der Waals surface area contributed by atoms with Gasteiger partial charge in [0.2, 0.25) is 0 Å². The fourth-order valence-corrected chi connectivity index (χ4v) is 5.29. The van der Waals surface area contributed by atoms with Crippen LogP contribution in [0.2, 0.25) is 20.1 Å². The Morgan fingerprint density at radius 3 is 2.38 bits per heavy atom. The number of aliphatic imine (C=N–C) groups is 1. The number of ether oxygens (including phenoxy) is 3. The summed E-state index contributed by atoms with van der Waals surface area (Å²) in [6, 6.07) is 15.1. The molecule has 3 aromatic carbocycles. The van der Waals surface area contributed by atoms with Crippen molar-refractivity contribution in [1.82, 2.24) is 5.32 Å². The number of Topliss-reactive ketones (excluding diaryl/α,β-unsaturated/α-hetero) is 1. The maximum atomic E-state index is 13.5. The van der Waals surface area contributed by atoms with Gasteiger partial charge in [-0.25, -0.2) is 0 Å². The summed E-state index contributed by atoms with van der Waals surface area (Å²) in [5.74, 6) is -0.618. The van der Waals surface area contributed by atoms with Gasteiger partial charge in [0.25, 0.3) is 5.91 Å². The molecule has 1 atom stereocenters. The Morgan fingerprint density at radius 1 is 0.925 bits per heavy atom. The number of benzene rings is 3. The molecule has 40 heavy (non-hydrogen) atoms. The summed E-state index contributed by atoms with van der Waals surface area (Å²) in [6.45, 7) is 3.93. The predicted molar refractivity (Wildman–Crippen MR) is 158 cm³/mol. The van der Waals surface area contributed by atoms with Crippen molar-refractivity contribution in [2.75, 3.05) is 33.0 Å². The molecule has 0 saturated heterocycles. The zero-order valence-electron chi connectivity index (χ0n) is 21.5. The fraction of sp³-hybridized carbons (Fsp3) is 0.276. The van der Waals surface area contributed by atoms with Gasteiger partial charge in [0.05, 0.1) is 41.1 Å². The molecule has 4 rings (SSSR count). The molecule has 11 heteroatoms. The second kappa shape index (κ2) is 14.3. The highest BCUT2D eigenvalue weighted by Gasteiger charge is 2.30. The summed E-state index contributed by atoms with van der Waals surface area (Å²) < 4.78 is 16.5. The Balaban J connectivity index is 1.60. The van der Waals surface area contributed by atoms with Gasteiger partial charge in [-0.2, -0.15) is 0 Å². The third kappa shape index (κ3) is 7.55. The van der Waals surface area contributed by atoms with E-state index in [0.29, 0.717) is 53.3 Å². The van der Waals surface area contributed by atoms with Crippen molar-refractivity contribution in [2.45, 2.75) is 19.5 Å². The van der Waals surface area contributed by atoms with Crippen LogP contribution in [0.15, 0.2) is 59.6 Å². The fourth-order valence-electron chi connectivity index (χ4n) is 4.12. The molecule has 1 aliphatic rings. The maximum absolute atomic E-state index is 13.5. The number of rotatable bonds is 11. The van der Waals surface area contributed by atoms with Crippen molar-refractivity contribution >= 4 is 63.8 Å². The lowest BCUT2D eigenvalue weighted by Crippen LogP contribution is -2.40. The maximum Gasteiger partial charge on any atom is 0.257 e. The molecule has 0 aromatic heterocycles. The number of carbonyl (C=O) groups excluding carboxylic acids is 2. The van der Waals surface area contributed by atoms with Gasteiger partial charge in [0.1, 0.15) is 12.4 Å². The minimum atomic E-state index is -1.23. The molecule has 0 saturated carbocycles. The van der Waals surface area contributed by atoms with Crippen LogP contribution in [0.3, 0.4) is 0 Å². The van der Waals surface area contributed by atoms with Gasteiger partial charge in [-0.1, -0.05) is 70.7 Å². The Morgan fingerprint density at radius 2 is 1.62 bits per heavy atom. The van der Waals surface area contributed by atoms with E-state index >= 15 is 0 Å². The van der Waals surface area contributed by atoms with Crippen LogP contribution in [0.25, 0.3) is 0 Å². The molecule has 1 amide bonds. The topological polar surface area (TPSA) is 86.2 Å². The lowest BCUT2D eigenvalue weighted by molar-refractivity contribution is -0.120. The van der Waals surface area contributed by atoms with Crippen LogP contribution in [0.5, 0.6) is 5.75 Å².